The van der Waals surface area contributed by atoms with Crippen molar-refractivity contribution < 1.29 is 4.79 Å². The Morgan fingerprint density at radius 3 is 2.67 bits per heavy atom. The van der Waals surface area contributed by atoms with Gasteiger partial charge in [-0.15, -0.1) is 0 Å². The van der Waals surface area contributed by atoms with Crippen LogP contribution >= 0.6 is 0 Å². The van der Waals surface area contributed by atoms with Gasteiger partial charge in [0, 0.05) is 11.9 Å². The highest BCUT2D eigenvalue weighted by atomic mass is 16.2. The number of carbonyl (C=O) groups is 1. The second-order valence-electron chi connectivity index (χ2n) is 6.25. The molecule has 4 aromatic rings. The number of anilines is 1. The van der Waals surface area contributed by atoms with Crippen LogP contribution in [-0.4, -0.2) is 20.8 Å². The number of benzene rings is 3. The molecule has 4 rings (SSSR count). The zero-order valence-electron chi connectivity index (χ0n) is 14.7. The average molecular weight is 357 g/mol. The Labute approximate surface area is 156 Å². The molecule has 6 nitrogen and oxygen atoms in total. The van der Waals surface area contributed by atoms with Gasteiger partial charge in [-0.2, -0.15) is 5.10 Å². The largest absolute Gasteiger partial charge is 0.334 e. The fourth-order valence-electron chi connectivity index (χ4n) is 3.02. The predicted molar refractivity (Wildman–Crippen MR) is 105 cm³/mol. The number of fused-ring (bicyclic) bond motifs is 1. The summed E-state index contributed by atoms with van der Waals surface area (Å²) in [4.78, 5) is 16.3. The Morgan fingerprint density at radius 1 is 0.963 bits per heavy atom. The SMILES string of the molecule is O=C(NCc1cccc(Cn2cncn2)c1)Nc1cccc2ccccc12. The van der Waals surface area contributed by atoms with Crippen LogP contribution in [0.3, 0.4) is 0 Å². The molecule has 0 aliphatic heterocycles. The van der Waals surface area contributed by atoms with Crippen molar-refractivity contribution in [2.24, 2.45) is 0 Å². The van der Waals surface area contributed by atoms with E-state index in [1.165, 1.54) is 6.33 Å². The molecule has 0 unspecified atom stereocenters. The van der Waals surface area contributed by atoms with Gasteiger partial charge < -0.3 is 10.6 Å². The minimum atomic E-state index is -0.229. The van der Waals surface area contributed by atoms with Gasteiger partial charge in [0.2, 0.25) is 0 Å². The summed E-state index contributed by atoms with van der Waals surface area (Å²) >= 11 is 0. The Morgan fingerprint density at radius 2 is 1.78 bits per heavy atom. The highest BCUT2D eigenvalue weighted by molar-refractivity contribution is 6.01. The quantitative estimate of drug-likeness (QED) is 0.571. The Hall–Kier alpha value is -3.67. The first-order chi connectivity index (χ1) is 13.3. The summed E-state index contributed by atoms with van der Waals surface area (Å²) in [5.74, 6) is 0. The van der Waals surface area contributed by atoms with Gasteiger partial charge in [-0.1, -0.05) is 60.7 Å². The molecule has 134 valence electrons. The number of hydrogen-bond acceptors (Lipinski definition) is 3. The van der Waals surface area contributed by atoms with Crippen molar-refractivity contribution in [2.75, 3.05) is 5.32 Å². The first kappa shape index (κ1) is 16.8. The molecular weight excluding hydrogens is 338 g/mol. The van der Waals surface area contributed by atoms with Crippen molar-refractivity contribution in [3.63, 3.8) is 0 Å². The number of nitrogens with zero attached hydrogens (tertiary/aromatic N) is 3. The highest BCUT2D eigenvalue weighted by Crippen LogP contribution is 2.22. The topological polar surface area (TPSA) is 71.8 Å². The van der Waals surface area contributed by atoms with Crippen LogP contribution in [0, 0.1) is 0 Å². The molecule has 0 spiro atoms. The number of carbonyl (C=O) groups excluding carboxylic acids is 1. The van der Waals surface area contributed by atoms with Crippen LogP contribution < -0.4 is 10.6 Å². The van der Waals surface area contributed by atoms with E-state index in [1.807, 2.05) is 60.7 Å². The number of aromatic nitrogens is 3. The highest BCUT2D eigenvalue weighted by Gasteiger charge is 2.06. The molecule has 3 aromatic carbocycles. The van der Waals surface area contributed by atoms with Crippen molar-refractivity contribution in [3.05, 3.63) is 90.5 Å². The summed E-state index contributed by atoms with van der Waals surface area (Å²) in [6.45, 7) is 1.10. The maximum absolute atomic E-state index is 12.3. The molecule has 1 heterocycles. The predicted octanol–water partition coefficient (Wildman–Crippen LogP) is 3.80. The van der Waals surface area contributed by atoms with E-state index >= 15 is 0 Å². The van der Waals surface area contributed by atoms with E-state index in [4.69, 9.17) is 0 Å². The molecule has 2 N–H and O–H groups in total. The first-order valence-electron chi connectivity index (χ1n) is 8.71. The Balaban J connectivity index is 1.39. The second-order valence-corrected chi connectivity index (χ2v) is 6.25. The number of nitrogens with one attached hydrogen (secondary N) is 2. The van der Waals surface area contributed by atoms with E-state index in [1.54, 1.807) is 11.0 Å². The second kappa shape index (κ2) is 7.70. The van der Waals surface area contributed by atoms with E-state index in [2.05, 4.69) is 26.8 Å². The molecule has 27 heavy (non-hydrogen) atoms. The molecule has 0 saturated heterocycles. The lowest BCUT2D eigenvalue weighted by Gasteiger charge is -2.11. The average Bonchev–Trinajstić information content (AvgIpc) is 3.20. The van der Waals surface area contributed by atoms with Gasteiger partial charge in [0.05, 0.1) is 12.2 Å². The first-order valence-corrected chi connectivity index (χ1v) is 8.71. The van der Waals surface area contributed by atoms with Crippen LogP contribution in [0.4, 0.5) is 10.5 Å². The number of amides is 2. The third-order valence-electron chi connectivity index (χ3n) is 4.29. The van der Waals surface area contributed by atoms with Crippen LogP contribution in [0.1, 0.15) is 11.1 Å². The van der Waals surface area contributed by atoms with Crippen LogP contribution in [0.2, 0.25) is 0 Å². The number of urea groups is 1. The smallest absolute Gasteiger partial charge is 0.319 e. The van der Waals surface area contributed by atoms with Gasteiger partial charge in [0.1, 0.15) is 12.7 Å². The van der Waals surface area contributed by atoms with Crippen LogP contribution in [0.25, 0.3) is 10.8 Å². The van der Waals surface area contributed by atoms with Gasteiger partial charge in [0.25, 0.3) is 0 Å². The monoisotopic (exact) mass is 357 g/mol. The maximum atomic E-state index is 12.3. The van der Waals surface area contributed by atoms with Gasteiger partial charge in [-0.25, -0.2) is 14.5 Å². The zero-order valence-corrected chi connectivity index (χ0v) is 14.7. The molecular formula is C21H19N5O. The van der Waals surface area contributed by atoms with Crippen molar-refractivity contribution >= 4 is 22.5 Å². The van der Waals surface area contributed by atoms with Crippen LogP contribution in [0.15, 0.2) is 79.4 Å². The van der Waals surface area contributed by atoms with E-state index in [9.17, 15) is 4.79 Å². The summed E-state index contributed by atoms with van der Waals surface area (Å²) in [5.41, 5.74) is 2.93. The zero-order chi connectivity index (χ0) is 18.5. The third kappa shape index (κ3) is 4.12. The maximum Gasteiger partial charge on any atom is 0.319 e. The van der Waals surface area contributed by atoms with Crippen molar-refractivity contribution in [1.82, 2.24) is 20.1 Å². The fourth-order valence-corrected chi connectivity index (χ4v) is 3.02. The number of hydrogen-bond donors (Lipinski definition) is 2. The summed E-state index contributed by atoms with van der Waals surface area (Å²) in [6.07, 6.45) is 3.20. The minimum absolute atomic E-state index is 0.229. The summed E-state index contributed by atoms with van der Waals surface area (Å²) in [5, 5.41) is 12.1. The normalized spacial score (nSPS) is 10.7. The number of rotatable bonds is 5. The summed E-state index contributed by atoms with van der Waals surface area (Å²) in [6, 6.07) is 21.7. The van der Waals surface area contributed by atoms with Crippen molar-refractivity contribution in [3.8, 4) is 0 Å². The van der Waals surface area contributed by atoms with Crippen molar-refractivity contribution in [2.45, 2.75) is 13.1 Å². The van der Waals surface area contributed by atoms with E-state index < -0.39 is 0 Å². The van der Waals surface area contributed by atoms with Gasteiger partial charge >= 0.3 is 6.03 Å². The lowest BCUT2D eigenvalue weighted by atomic mass is 10.1. The summed E-state index contributed by atoms with van der Waals surface area (Å²) < 4.78 is 1.76. The molecule has 1 aromatic heterocycles. The van der Waals surface area contributed by atoms with Crippen LogP contribution in [0.5, 0.6) is 0 Å². The van der Waals surface area contributed by atoms with Crippen molar-refractivity contribution in [1.29, 1.82) is 0 Å². The standard InChI is InChI=1S/C21H19N5O/c27-21(25-20-10-4-8-18-7-1-2-9-19(18)20)23-12-16-5-3-6-17(11-16)13-26-15-22-14-24-26/h1-11,14-15H,12-13H2,(H2,23,25,27). The van der Waals surface area contributed by atoms with E-state index in [0.29, 0.717) is 13.1 Å². The lowest BCUT2D eigenvalue weighted by molar-refractivity contribution is 0.252. The molecule has 0 radical (unpaired) electrons. The van der Waals surface area contributed by atoms with Gasteiger partial charge in [-0.3, -0.25) is 0 Å². The Kier molecular flexibility index (Phi) is 4.78. The minimum Gasteiger partial charge on any atom is -0.334 e. The Bertz CT molecular complexity index is 1050. The van der Waals surface area contributed by atoms with E-state index in [-0.39, 0.29) is 6.03 Å². The molecule has 0 fully saturated rings. The van der Waals surface area contributed by atoms with E-state index in [0.717, 1.165) is 27.6 Å². The fraction of sp³-hybridized carbons (Fsp3) is 0.0952. The lowest BCUT2D eigenvalue weighted by Crippen LogP contribution is -2.28. The molecule has 0 aliphatic rings. The molecule has 0 saturated carbocycles. The molecule has 0 aliphatic carbocycles. The third-order valence-corrected chi connectivity index (χ3v) is 4.29. The summed E-state index contributed by atoms with van der Waals surface area (Å²) in [7, 11) is 0. The van der Waals surface area contributed by atoms with Gasteiger partial charge in [-0.05, 0) is 22.6 Å². The molecule has 2 amide bonds. The molecule has 6 heteroatoms. The van der Waals surface area contributed by atoms with Crippen LogP contribution in [-0.2, 0) is 13.1 Å². The van der Waals surface area contributed by atoms with Gasteiger partial charge in [0.15, 0.2) is 0 Å². The molecule has 0 atom stereocenters. The molecule has 0 bridgehead atoms.